The Morgan fingerprint density at radius 3 is 2.02 bits per heavy atom. The van der Waals surface area contributed by atoms with Gasteiger partial charge in [0.15, 0.2) is 17.4 Å². The summed E-state index contributed by atoms with van der Waals surface area (Å²) in [6, 6.07) is 8.98. The van der Waals surface area contributed by atoms with E-state index in [1.807, 2.05) is 0 Å². The Morgan fingerprint density at radius 2 is 1.56 bits per heavy atom. The number of carboxylic acids is 1. The third-order valence-electron chi connectivity index (χ3n) is 11.0. The first-order valence-electron chi connectivity index (χ1n) is 17.1. The van der Waals surface area contributed by atoms with E-state index in [1.54, 1.807) is 0 Å². The molecule has 0 radical (unpaired) electrons. The Balaban J connectivity index is 0.000000664. The van der Waals surface area contributed by atoms with Gasteiger partial charge in [-0.1, -0.05) is 38.8 Å². The molecule has 2 saturated carbocycles. The van der Waals surface area contributed by atoms with Crippen LogP contribution >= 0.6 is 0 Å². The smallest absolute Gasteiger partial charge is 0.335 e. The zero-order chi connectivity index (χ0) is 41.6. The summed E-state index contributed by atoms with van der Waals surface area (Å²) in [5.74, 6) is -19.0. The van der Waals surface area contributed by atoms with Crippen molar-refractivity contribution < 1.29 is 69.4 Å². The number of carboxylic acid groups (broad SMARTS) is 1. The van der Waals surface area contributed by atoms with Crippen LogP contribution in [0.25, 0.3) is 27.7 Å². The molecule has 0 aliphatic heterocycles. The Morgan fingerprint density at radius 1 is 0.982 bits per heavy atom. The molecular weight excluding hydrogens is 728 g/mol. The van der Waals surface area contributed by atoms with E-state index in [2.05, 4.69) is 13.8 Å². The van der Waals surface area contributed by atoms with Crippen molar-refractivity contribution >= 4 is 28.8 Å². The van der Waals surface area contributed by atoms with Crippen molar-refractivity contribution in [3.8, 4) is 22.6 Å². The second-order valence-corrected chi connectivity index (χ2v) is 14.2. The van der Waals surface area contributed by atoms with E-state index in [0.717, 1.165) is 54.5 Å². The average Bonchev–Trinajstić information content (AvgIpc) is 3.46. The summed E-state index contributed by atoms with van der Waals surface area (Å²) in [6.07, 6.45) is 3.61. The second kappa shape index (κ2) is 15.2. The molecule has 2 fully saturated rings. The Kier molecular flexibility index (Phi) is 11.9. The molecule has 300 valence electrons. The van der Waals surface area contributed by atoms with Crippen LogP contribution < -0.4 is 10.5 Å². The zero-order valence-electron chi connectivity index (χ0n) is 30.7. The summed E-state index contributed by atoms with van der Waals surface area (Å²) in [4.78, 5) is 11.6. The summed E-state index contributed by atoms with van der Waals surface area (Å²) in [5, 5.41) is 111. The lowest BCUT2D eigenvalue weighted by Gasteiger charge is -2.58. The van der Waals surface area contributed by atoms with Crippen LogP contribution in [-0.2, 0) is 0 Å². The average molecular weight is 776 g/mol. The van der Waals surface area contributed by atoms with Crippen molar-refractivity contribution in [3.05, 3.63) is 77.0 Å². The molecule has 0 spiro atoms. The van der Waals surface area contributed by atoms with Crippen molar-refractivity contribution in [3.63, 3.8) is 0 Å². The van der Waals surface area contributed by atoms with Gasteiger partial charge in [-0.2, -0.15) is 0 Å². The van der Waals surface area contributed by atoms with Crippen molar-refractivity contribution in [1.82, 2.24) is 4.57 Å². The lowest BCUT2D eigenvalue weighted by atomic mass is 9.62. The summed E-state index contributed by atoms with van der Waals surface area (Å²) < 4.78 is 37.1. The molecule has 1 aromatic heterocycles. The highest BCUT2D eigenvalue weighted by atomic mass is 19.1. The van der Waals surface area contributed by atoms with Gasteiger partial charge in [-0.3, -0.25) is 0 Å². The van der Waals surface area contributed by atoms with Gasteiger partial charge in [0.05, 0.1) is 29.8 Å². The highest BCUT2D eigenvalue weighted by molar-refractivity contribution is 6.05. The number of rotatable bonds is 7. The SMILES string of the molecule is CCC1(C)CCC1.CO.COc1cc(-n2c(C3C(O)C(O)(O)C(O)(O)C(O)(O)C3(C)O)c(-c3ccc(C(=O)O)cc3)c3c(F)c(N)c(C=N)cc32)ccc1F. The van der Waals surface area contributed by atoms with Gasteiger partial charge in [-0.05, 0) is 61.1 Å². The van der Waals surface area contributed by atoms with E-state index < -0.39 is 69.4 Å². The normalized spacial score (nSPS) is 23.0. The molecule has 0 bridgehead atoms. The standard InChI is InChI=1S/C30H29F2N3O11.C7H14.CH4O/c1-27(39)21(25(36)28(40,41)30(44,45)29(27,42)43)24-19(12-3-5-13(6-4-12)26(37)38)20-17(9-14(11-33)23(34)22(20)32)35(24)15-7-8-16(31)18(10-15)46-2;1-3-7(2)5-4-6-7;1-2/h3-11,21,25,33,36,39-45H,34H2,1-2H3,(H,37,38);3-6H2,1-2H3;2H,1H3. The van der Waals surface area contributed by atoms with Crippen LogP contribution in [-0.4, -0.2) is 111 Å². The molecule has 2 aliphatic rings. The number of hydrogen-bond acceptors (Lipinski definition) is 13. The Hall–Kier alpha value is -4.56. The van der Waals surface area contributed by atoms with E-state index in [4.69, 9.17) is 21.0 Å². The molecule has 55 heavy (non-hydrogen) atoms. The second-order valence-electron chi connectivity index (χ2n) is 14.2. The third-order valence-corrected chi connectivity index (χ3v) is 11.0. The molecule has 3 unspecified atom stereocenters. The van der Waals surface area contributed by atoms with E-state index in [9.17, 15) is 55.1 Å². The van der Waals surface area contributed by atoms with E-state index in [1.165, 1.54) is 43.9 Å². The molecule has 0 saturated heterocycles. The van der Waals surface area contributed by atoms with Crippen molar-refractivity contribution in [2.24, 2.45) is 5.41 Å². The van der Waals surface area contributed by atoms with E-state index in [-0.39, 0.29) is 39.2 Å². The number of aromatic nitrogens is 1. The highest BCUT2D eigenvalue weighted by Gasteiger charge is 2.79. The predicted molar refractivity (Wildman–Crippen MR) is 196 cm³/mol. The fourth-order valence-electron chi connectivity index (χ4n) is 7.13. The Bertz CT molecular complexity index is 2070. The van der Waals surface area contributed by atoms with Gasteiger partial charge in [0, 0.05) is 47.3 Å². The van der Waals surface area contributed by atoms with Crippen LogP contribution in [0.5, 0.6) is 5.75 Å². The molecule has 15 nitrogen and oxygen atoms in total. The molecule has 1 heterocycles. The number of ether oxygens (including phenoxy) is 1. The number of methoxy groups -OCH3 is 1. The third kappa shape index (κ3) is 6.74. The summed E-state index contributed by atoms with van der Waals surface area (Å²) in [5.41, 5.74) is 1.22. The summed E-state index contributed by atoms with van der Waals surface area (Å²) in [7, 11) is 2.13. The van der Waals surface area contributed by atoms with Gasteiger partial charge in [0.25, 0.3) is 17.4 Å². The fraction of sp³-hybridized carbons (Fsp3) is 0.421. The lowest BCUT2D eigenvalue weighted by Crippen LogP contribution is -2.84. The van der Waals surface area contributed by atoms with Crippen molar-refractivity contribution in [2.75, 3.05) is 20.0 Å². The van der Waals surface area contributed by atoms with Crippen LogP contribution in [0.3, 0.4) is 0 Å². The molecule has 17 heteroatoms. The first-order valence-corrected chi connectivity index (χ1v) is 17.1. The predicted octanol–water partition coefficient (Wildman–Crippen LogP) is 2.31. The number of anilines is 1. The molecular formula is C38H47F2N3O12. The van der Waals surface area contributed by atoms with Gasteiger partial charge in [0.2, 0.25) is 0 Å². The van der Waals surface area contributed by atoms with Crippen LogP contribution in [0.4, 0.5) is 14.5 Å². The Labute approximate surface area is 314 Å². The molecule has 2 aliphatic carbocycles. The van der Waals surface area contributed by atoms with Crippen molar-refractivity contribution in [1.29, 1.82) is 5.41 Å². The fourth-order valence-corrected chi connectivity index (χ4v) is 7.13. The van der Waals surface area contributed by atoms with Gasteiger partial charge in [0.1, 0.15) is 11.7 Å². The first kappa shape index (κ1) is 43.2. The van der Waals surface area contributed by atoms with Crippen LogP contribution in [0, 0.1) is 22.5 Å². The van der Waals surface area contributed by atoms with Gasteiger partial charge < -0.3 is 71.5 Å². The van der Waals surface area contributed by atoms with E-state index in [0.29, 0.717) is 13.1 Å². The maximum absolute atomic E-state index is 16.4. The van der Waals surface area contributed by atoms with Crippen LogP contribution in [0.2, 0.25) is 0 Å². The molecule has 6 rings (SSSR count). The molecule has 13 N–H and O–H groups in total. The van der Waals surface area contributed by atoms with Crippen LogP contribution in [0.1, 0.15) is 74.0 Å². The molecule has 4 aromatic rings. The maximum atomic E-state index is 16.4. The number of hydrogen-bond donors (Lipinski definition) is 12. The topological polar surface area (TPSA) is 283 Å². The molecule has 3 aromatic carbocycles. The minimum atomic E-state index is -4.40. The quantitative estimate of drug-likeness (QED) is 0.0730. The number of nitrogens with two attached hydrogens (primary N) is 1. The highest BCUT2D eigenvalue weighted by Crippen LogP contribution is 2.56. The number of nitrogens with one attached hydrogen (secondary N) is 1. The minimum Gasteiger partial charge on any atom is -0.494 e. The largest absolute Gasteiger partial charge is 0.494 e. The van der Waals surface area contributed by atoms with E-state index >= 15 is 4.39 Å². The number of carbonyl (C=O) groups is 1. The van der Waals surface area contributed by atoms with Gasteiger partial charge in [-0.25, -0.2) is 13.6 Å². The lowest BCUT2D eigenvalue weighted by molar-refractivity contribution is -0.516. The van der Waals surface area contributed by atoms with Gasteiger partial charge >= 0.3 is 5.97 Å². The number of aromatic carboxylic acids is 1. The number of aliphatic hydroxyl groups excluding tert-OH is 2. The van der Waals surface area contributed by atoms with Gasteiger partial charge in [-0.15, -0.1) is 0 Å². The number of halogens is 2. The maximum Gasteiger partial charge on any atom is 0.335 e. The summed E-state index contributed by atoms with van der Waals surface area (Å²) in [6.45, 7) is 5.30. The number of benzene rings is 3. The number of nitrogens with zero attached hydrogens (tertiary/aromatic N) is 1. The molecule has 3 atom stereocenters. The summed E-state index contributed by atoms with van der Waals surface area (Å²) >= 11 is 0. The van der Waals surface area contributed by atoms with Crippen LogP contribution in [0.15, 0.2) is 48.5 Å². The zero-order valence-corrected chi connectivity index (χ0v) is 30.7. The van der Waals surface area contributed by atoms with Crippen molar-refractivity contribution in [2.45, 2.75) is 81.4 Å². The number of fused-ring (bicyclic) bond motifs is 1. The molecule has 0 amide bonds. The number of nitrogen functional groups attached to an aromatic ring is 1. The number of aliphatic hydroxyl groups is 9. The first-order chi connectivity index (χ1) is 25.5. The minimum absolute atomic E-state index is 0.0467. The monoisotopic (exact) mass is 775 g/mol.